The van der Waals surface area contributed by atoms with Crippen LogP contribution in [-0.2, 0) is 0 Å². The van der Waals surface area contributed by atoms with Crippen molar-refractivity contribution < 1.29 is 4.42 Å². The van der Waals surface area contributed by atoms with E-state index in [-0.39, 0.29) is 6.04 Å². The molecule has 2 heterocycles. The minimum atomic E-state index is 0.198. The van der Waals surface area contributed by atoms with Crippen molar-refractivity contribution in [1.29, 1.82) is 0 Å². The molecule has 0 aliphatic carbocycles. The van der Waals surface area contributed by atoms with Crippen molar-refractivity contribution >= 4 is 0 Å². The molecule has 2 aromatic rings. The summed E-state index contributed by atoms with van der Waals surface area (Å²) in [5, 5.41) is 8.47. The summed E-state index contributed by atoms with van der Waals surface area (Å²) in [6.07, 6.45) is 2.51. The fraction of sp³-hybridized carbons (Fsp3) is 0.529. The Morgan fingerprint density at radius 1 is 1.24 bits per heavy atom. The highest BCUT2D eigenvalue weighted by atomic mass is 16.4. The topological polar surface area (TPSA) is 42.2 Å². The molecule has 0 amide bonds. The monoisotopic (exact) mass is 285 g/mol. The molecule has 21 heavy (non-hydrogen) atoms. The second-order valence-electron chi connectivity index (χ2n) is 6.21. The summed E-state index contributed by atoms with van der Waals surface area (Å²) in [6, 6.07) is 8.37. The maximum Gasteiger partial charge on any atom is 0.247 e. The van der Waals surface area contributed by atoms with E-state index >= 15 is 0 Å². The van der Waals surface area contributed by atoms with Crippen LogP contribution in [0, 0.1) is 12.8 Å². The van der Waals surface area contributed by atoms with Crippen molar-refractivity contribution in [3.63, 3.8) is 0 Å². The summed E-state index contributed by atoms with van der Waals surface area (Å²) in [7, 11) is 0. The van der Waals surface area contributed by atoms with Crippen LogP contribution in [0.15, 0.2) is 28.7 Å². The lowest BCUT2D eigenvalue weighted by molar-refractivity contribution is 0.130. The molecule has 1 aromatic carbocycles. The van der Waals surface area contributed by atoms with Crippen LogP contribution < -0.4 is 0 Å². The summed E-state index contributed by atoms with van der Waals surface area (Å²) >= 11 is 0. The summed E-state index contributed by atoms with van der Waals surface area (Å²) in [6.45, 7) is 8.78. The average Bonchev–Trinajstić information content (AvgIpc) is 2.97. The second-order valence-corrected chi connectivity index (χ2v) is 6.21. The number of nitrogens with zero attached hydrogens (tertiary/aromatic N) is 3. The molecule has 0 bridgehead atoms. The van der Waals surface area contributed by atoms with Crippen LogP contribution in [0.25, 0.3) is 11.5 Å². The molecule has 1 atom stereocenters. The second kappa shape index (κ2) is 5.98. The van der Waals surface area contributed by atoms with Gasteiger partial charge in [-0.15, -0.1) is 10.2 Å². The van der Waals surface area contributed by atoms with Gasteiger partial charge in [-0.3, -0.25) is 4.90 Å². The molecule has 3 rings (SSSR count). The van der Waals surface area contributed by atoms with Crippen LogP contribution in [0.1, 0.15) is 44.2 Å². The van der Waals surface area contributed by atoms with Crippen LogP contribution >= 0.6 is 0 Å². The highest BCUT2D eigenvalue weighted by Crippen LogP contribution is 2.27. The van der Waals surface area contributed by atoms with Crippen molar-refractivity contribution in [1.82, 2.24) is 15.1 Å². The molecule has 1 aromatic heterocycles. The summed E-state index contributed by atoms with van der Waals surface area (Å²) in [4.78, 5) is 2.44. The van der Waals surface area contributed by atoms with Gasteiger partial charge >= 0.3 is 0 Å². The van der Waals surface area contributed by atoms with E-state index in [1.165, 1.54) is 18.4 Å². The molecule has 1 aliphatic heterocycles. The molecular weight excluding hydrogens is 262 g/mol. The van der Waals surface area contributed by atoms with E-state index in [2.05, 4.69) is 48.0 Å². The van der Waals surface area contributed by atoms with Gasteiger partial charge in [0, 0.05) is 5.56 Å². The normalized spacial score (nSPS) is 18.8. The van der Waals surface area contributed by atoms with Crippen molar-refractivity contribution in [2.45, 2.75) is 39.7 Å². The molecule has 0 radical (unpaired) electrons. The van der Waals surface area contributed by atoms with Crippen LogP contribution in [-0.4, -0.2) is 28.2 Å². The Bertz CT molecular complexity index is 600. The lowest BCUT2D eigenvalue weighted by Gasteiger charge is -2.33. The van der Waals surface area contributed by atoms with Crippen molar-refractivity contribution in [2.75, 3.05) is 13.1 Å². The van der Waals surface area contributed by atoms with Gasteiger partial charge in [-0.1, -0.05) is 24.6 Å². The van der Waals surface area contributed by atoms with Crippen molar-refractivity contribution in [2.24, 2.45) is 5.92 Å². The maximum atomic E-state index is 5.90. The van der Waals surface area contributed by atoms with E-state index in [0.29, 0.717) is 5.89 Å². The quantitative estimate of drug-likeness (QED) is 0.859. The molecule has 4 nitrogen and oxygen atoms in total. The molecule has 0 saturated carbocycles. The van der Waals surface area contributed by atoms with Crippen LogP contribution in [0.2, 0.25) is 0 Å². The molecule has 0 spiro atoms. The third kappa shape index (κ3) is 3.16. The van der Waals surface area contributed by atoms with Gasteiger partial charge in [0.2, 0.25) is 11.8 Å². The van der Waals surface area contributed by atoms with Crippen LogP contribution in [0.3, 0.4) is 0 Å². The molecule has 1 unspecified atom stereocenters. The number of benzene rings is 1. The Labute approximate surface area is 126 Å². The smallest absolute Gasteiger partial charge is 0.247 e. The largest absolute Gasteiger partial charge is 0.419 e. The van der Waals surface area contributed by atoms with Gasteiger partial charge in [-0.05, 0) is 57.8 Å². The third-order valence-corrected chi connectivity index (χ3v) is 4.43. The first-order chi connectivity index (χ1) is 10.1. The zero-order valence-electron chi connectivity index (χ0n) is 13.0. The third-order valence-electron chi connectivity index (χ3n) is 4.43. The minimum Gasteiger partial charge on any atom is -0.419 e. The zero-order chi connectivity index (χ0) is 14.8. The Kier molecular flexibility index (Phi) is 4.06. The average molecular weight is 285 g/mol. The molecule has 1 fully saturated rings. The Morgan fingerprint density at radius 2 is 2.00 bits per heavy atom. The number of likely N-dealkylation sites (tertiary alicyclic amines) is 1. The number of piperidine rings is 1. The Hall–Kier alpha value is -1.68. The first-order valence-electron chi connectivity index (χ1n) is 7.78. The van der Waals surface area contributed by atoms with Crippen molar-refractivity contribution in [3.05, 3.63) is 35.7 Å². The van der Waals surface area contributed by atoms with E-state index in [4.69, 9.17) is 4.42 Å². The van der Waals surface area contributed by atoms with Gasteiger partial charge < -0.3 is 4.42 Å². The van der Waals surface area contributed by atoms with Gasteiger partial charge in [0.05, 0.1) is 6.04 Å². The van der Waals surface area contributed by atoms with Gasteiger partial charge in [0.25, 0.3) is 0 Å². The summed E-state index contributed by atoms with van der Waals surface area (Å²) in [5.74, 6) is 2.17. The summed E-state index contributed by atoms with van der Waals surface area (Å²) in [5.41, 5.74) is 2.19. The highest BCUT2D eigenvalue weighted by Gasteiger charge is 2.25. The highest BCUT2D eigenvalue weighted by molar-refractivity contribution is 5.53. The number of rotatable bonds is 3. The van der Waals surface area contributed by atoms with E-state index in [1.807, 2.05) is 12.1 Å². The Morgan fingerprint density at radius 3 is 2.71 bits per heavy atom. The number of hydrogen-bond acceptors (Lipinski definition) is 4. The number of aryl methyl sites for hydroxylation is 1. The standard InChI is InChI=1S/C17H23N3O/c1-12-7-9-20(10-8-12)14(3)16-18-19-17(21-16)15-6-4-5-13(2)11-15/h4-6,11-12,14H,7-10H2,1-3H3. The predicted octanol–water partition coefficient (Wildman–Crippen LogP) is 3.84. The van der Waals surface area contributed by atoms with Gasteiger partial charge in [-0.2, -0.15) is 0 Å². The van der Waals surface area contributed by atoms with Gasteiger partial charge in [-0.25, -0.2) is 0 Å². The fourth-order valence-electron chi connectivity index (χ4n) is 2.87. The molecule has 1 saturated heterocycles. The van der Waals surface area contributed by atoms with E-state index < -0.39 is 0 Å². The Balaban J connectivity index is 1.75. The molecule has 0 N–H and O–H groups in total. The lowest BCUT2D eigenvalue weighted by Crippen LogP contribution is -2.35. The van der Waals surface area contributed by atoms with Crippen molar-refractivity contribution in [3.8, 4) is 11.5 Å². The summed E-state index contributed by atoms with van der Waals surface area (Å²) < 4.78 is 5.90. The fourth-order valence-corrected chi connectivity index (χ4v) is 2.87. The first kappa shape index (κ1) is 14.3. The molecule has 4 heteroatoms. The molecular formula is C17H23N3O. The zero-order valence-corrected chi connectivity index (χ0v) is 13.0. The van der Waals surface area contributed by atoms with Crippen LogP contribution in [0.5, 0.6) is 0 Å². The number of aromatic nitrogens is 2. The minimum absolute atomic E-state index is 0.198. The predicted molar refractivity (Wildman–Crippen MR) is 82.9 cm³/mol. The van der Waals surface area contributed by atoms with Gasteiger partial charge in [0.1, 0.15) is 0 Å². The molecule has 112 valence electrons. The van der Waals surface area contributed by atoms with Crippen LogP contribution in [0.4, 0.5) is 0 Å². The SMILES string of the molecule is Cc1cccc(-c2nnc(C(C)N3CCC(C)CC3)o2)c1. The van der Waals surface area contributed by atoms with E-state index in [1.54, 1.807) is 0 Å². The van der Waals surface area contributed by atoms with Gasteiger partial charge in [0.15, 0.2) is 0 Å². The molecule has 1 aliphatic rings. The number of hydrogen-bond donors (Lipinski definition) is 0. The van der Waals surface area contributed by atoms with E-state index in [9.17, 15) is 0 Å². The van der Waals surface area contributed by atoms with E-state index in [0.717, 1.165) is 30.5 Å². The lowest BCUT2D eigenvalue weighted by atomic mass is 9.98. The maximum absolute atomic E-state index is 5.90. The first-order valence-corrected chi connectivity index (χ1v) is 7.78.